The van der Waals surface area contributed by atoms with E-state index < -0.39 is 0 Å². The molecule has 0 N–H and O–H groups in total. The van der Waals surface area contributed by atoms with Crippen molar-refractivity contribution in [1.29, 1.82) is 0 Å². The Bertz CT molecular complexity index is 320. The predicted molar refractivity (Wildman–Crippen MR) is 78.6 cm³/mol. The highest BCUT2D eigenvalue weighted by Gasteiger charge is 2.21. The van der Waals surface area contributed by atoms with E-state index in [2.05, 4.69) is 42.2 Å². The number of hydrogen-bond donors (Lipinski definition) is 0. The van der Waals surface area contributed by atoms with Gasteiger partial charge in [-0.3, -0.25) is 4.90 Å². The zero-order valence-corrected chi connectivity index (χ0v) is 11.8. The van der Waals surface area contributed by atoms with Gasteiger partial charge in [0.25, 0.3) is 0 Å². The molecule has 0 amide bonds. The second-order valence-corrected chi connectivity index (χ2v) is 5.60. The van der Waals surface area contributed by atoms with Crippen molar-refractivity contribution in [3.63, 3.8) is 0 Å². The molecule has 18 heavy (non-hydrogen) atoms. The van der Waals surface area contributed by atoms with Crippen molar-refractivity contribution >= 4 is 0 Å². The second kappa shape index (κ2) is 7.58. The number of hydrogen-bond acceptors (Lipinski definition) is 1. The van der Waals surface area contributed by atoms with E-state index in [-0.39, 0.29) is 0 Å². The molecule has 1 aromatic carbocycles. The summed E-state index contributed by atoms with van der Waals surface area (Å²) in [5.74, 6) is 0. The first-order valence-corrected chi connectivity index (χ1v) is 7.68. The molecule has 0 aliphatic carbocycles. The summed E-state index contributed by atoms with van der Waals surface area (Å²) in [5, 5.41) is 0. The molecule has 1 heteroatoms. The minimum Gasteiger partial charge on any atom is -0.296 e. The Kier molecular flexibility index (Phi) is 5.73. The average Bonchev–Trinajstić information content (AvgIpc) is 2.42. The zero-order valence-electron chi connectivity index (χ0n) is 11.8. The second-order valence-electron chi connectivity index (χ2n) is 5.60. The normalized spacial score (nSPS) is 21.1. The molecule has 100 valence electrons. The number of nitrogens with zero attached hydrogens (tertiary/aromatic N) is 1. The predicted octanol–water partition coefficient (Wildman–Crippen LogP) is 4.62. The van der Waals surface area contributed by atoms with E-state index in [1.54, 1.807) is 0 Å². The van der Waals surface area contributed by atoms with Gasteiger partial charge in [-0.2, -0.15) is 0 Å². The van der Waals surface area contributed by atoms with Crippen molar-refractivity contribution in [3.05, 3.63) is 35.9 Å². The molecule has 0 radical (unpaired) electrons. The number of unbranched alkanes of at least 4 members (excludes halogenated alkanes) is 2. The monoisotopic (exact) mass is 245 g/mol. The molecule has 1 fully saturated rings. The SMILES string of the molecule is CCCCCC1CCCCN1Cc1ccccc1. The van der Waals surface area contributed by atoms with Gasteiger partial charge in [-0.1, -0.05) is 62.9 Å². The van der Waals surface area contributed by atoms with Gasteiger partial charge in [-0.15, -0.1) is 0 Å². The maximum Gasteiger partial charge on any atom is 0.0236 e. The van der Waals surface area contributed by atoms with Gasteiger partial charge in [0.1, 0.15) is 0 Å². The van der Waals surface area contributed by atoms with Crippen LogP contribution in [0.2, 0.25) is 0 Å². The van der Waals surface area contributed by atoms with E-state index in [1.165, 1.54) is 57.1 Å². The van der Waals surface area contributed by atoms with Gasteiger partial charge in [-0.05, 0) is 31.4 Å². The third-order valence-corrected chi connectivity index (χ3v) is 4.12. The molecule has 1 aliphatic rings. The summed E-state index contributed by atoms with van der Waals surface area (Å²) < 4.78 is 0. The van der Waals surface area contributed by atoms with E-state index in [0.29, 0.717) is 0 Å². The smallest absolute Gasteiger partial charge is 0.0236 e. The fourth-order valence-electron chi connectivity index (χ4n) is 3.04. The zero-order chi connectivity index (χ0) is 12.6. The molecule has 1 heterocycles. The van der Waals surface area contributed by atoms with E-state index in [0.717, 1.165) is 12.6 Å². The van der Waals surface area contributed by atoms with Gasteiger partial charge >= 0.3 is 0 Å². The summed E-state index contributed by atoms with van der Waals surface area (Å²) in [6.07, 6.45) is 9.78. The lowest BCUT2D eigenvalue weighted by Crippen LogP contribution is -2.38. The number of piperidine rings is 1. The molecule has 0 saturated carbocycles. The molecule has 1 nitrogen and oxygen atoms in total. The molecule has 0 spiro atoms. The van der Waals surface area contributed by atoms with Crippen LogP contribution >= 0.6 is 0 Å². The van der Waals surface area contributed by atoms with Crippen LogP contribution in [0.5, 0.6) is 0 Å². The van der Waals surface area contributed by atoms with Crippen LogP contribution in [0.25, 0.3) is 0 Å². The quantitative estimate of drug-likeness (QED) is 0.661. The van der Waals surface area contributed by atoms with Gasteiger partial charge in [0, 0.05) is 12.6 Å². The molecule has 1 saturated heterocycles. The fraction of sp³-hybridized carbons (Fsp3) is 0.647. The first kappa shape index (κ1) is 13.6. The van der Waals surface area contributed by atoms with Crippen molar-refractivity contribution in [3.8, 4) is 0 Å². The molecule has 2 rings (SSSR count). The van der Waals surface area contributed by atoms with Gasteiger partial charge in [0.2, 0.25) is 0 Å². The number of rotatable bonds is 6. The van der Waals surface area contributed by atoms with Gasteiger partial charge in [0.05, 0.1) is 0 Å². The molecule has 0 bridgehead atoms. The van der Waals surface area contributed by atoms with Crippen molar-refractivity contribution < 1.29 is 0 Å². The molecule has 1 aromatic rings. The van der Waals surface area contributed by atoms with Crippen LogP contribution in [0.4, 0.5) is 0 Å². The Labute approximate surface area is 112 Å². The van der Waals surface area contributed by atoms with E-state index >= 15 is 0 Å². The highest BCUT2D eigenvalue weighted by Crippen LogP contribution is 2.23. The third kappa shape index (κ3) is 4.13. The minimum atomic E-state index is 0.838. The van der Waals surface area contributed by atoms with Gasteiger partial charge in [0.15, 0.2) is 0 Å². The highest BCUT2D eigenvalue weighted by atomic mass is 15.2. The van der Waals surface area contributed by atoms with Crippen LogP contribution < -0.4 is 0 Å². The summed E-state index contributed by atoms with van der Waals surface area (Å²) in [6.45, 7) is 4.74. The topological polar surface area (TPSA) is 3.24 Å². The van der Waals surface area contributed by atoms with Crippen LogP contribution in [-0.2, 0) is 6.54 Å². The maximum atomic E-state index is 2.72. The fourth-order valence-corrected chi connectivity index (χ4v) is 3.04. The number of benzene rings is 1. The summed E-state index contributed by atoms with van der Waals surface area (Å²) >= 11 is 0. The van der Waals surface area contributed by atoms with Crippen LogP contribution in [0, 0.1) is 0 Å². The first-order chi connectivity index (χ1) is 8.90. The lowest BCUT2D eigenvalue weighted by molar-refractivity contribution is 0.130. The van der Waals surface area contributed by atoms with Gasteiger partial charge in [-0.25, -0.2) is 0 Å². The summed E-state index contributed by atoms with van der Waals surface area (Å²) in [5.41, 5.74) is 1.47. The summed E-state index contributed by atoms with van der Waals surface area (Å²) in [7, 11) is 0. The molecular formula is C17H27N. The lowest BCUT2D eigenvalue weighted by Gasteiger charge is -2.36. The van der Waals surface area contributed by atoms with Crippen molar-refractivity contribution in [1.82, 2.24) is 4.90 Å². The van der Waals surface area contributed by atoms with Crippen LogP contribution in [0.1, 0.15) is 57.4 Å². The standard InChI is InChI=1S/C17H27N/c1-2-3-5-12-17-13-8-9-14-18(17)15-16-10-6-4-7-11-16/h4,6-7,10-11,17H,2-3,5,8-9,12-15H2,1H3. The Hall–Kier alpha value is -0.820. The highest BCUT2D eigenvalue weighted by molar-refractivity contribution is 5.14. The third-order valence-electron chi connectivity index (χ3n) is 4.12. The number of likely N-dealkylation sites (tertiary alicyclic amines) is 1. The molecular weight excluding hydrogens is 218 g/mol. The molecule has 0 aromatic heterocycles. The molecule has 1 aliphatic heterocycles. The first-order valence-electron chi connectivity index (χ1n) is 7.68. The minimum absolute atomic E-state index is 0.838. The molecule has 1 unspecified atom stereocenters. The maximum absolute atomic E-state index is 2.72. The Morgan fingerprint density at radius 1 is 1.11 bits per heavy atom. The largest absolute Gasteiger partial charge is 0.296 e. The Balaban J connectivity index is 1.87. The van der Waals surface area contributed by atoms with E-state index in [4.69, 9.17) is 0 Å². The van der Waals surface area contributed by atoms with Crippen LogP contribution in [0.3, 0.4) is 0 Å². The van der Waals surface area contributed by atoms with E-state index in [1.807, 2.05) is 0 Å². The summed E-state index contributed by atoms with van der Waals surface area (Å²) in [6, 6.07) is 11.8. The summed E-state index contributed by atoms with van der Waals surface area (Å²) in [4.78, 5) is 2.72. The lowest BCUT2D eigenvalue weighted by atomic mass is 9.96. The van der Waals surface area contributed by atoms with Crippen LogP contribution in [0.15, 0.2) is 30.3 Å². The Morgan fingerprint density at radius 2 is 1.94 bits per heavy atom. The van der Waals surface area contributed by atoms with Crippen molar-refractivity contribution in [2.24, 2.45) is 0 Å². The van der Waals surface area contributed by atoms with Crippen molar-refractivity contribution in [2.75, 3.05) is 6.54 Å². The molecule has 1 atom stereocenters. The van der Waals surface area contributed by atoms with Gasteiger partial charge < -0.3 is 0 Å². The average molecular weight is 245 g/mol. The van der Waals surface area contributed by atoms with Crippen molar-refractivity contribution in [2.45, 2.75) is 64.5 Å². The Morgan fingerprint density at radius 3 is 2.72 bits per heavy atom. The van der Waals surface area contributed by atoms with Crippen LogP contribution in [-0.4, -0.2) is 17.5 Å². The van der Waals surface area contributed by atoms with E-state index in [9.17, 15) is 0 Å².